The Balaban J connectivity index is 3.62. The second-order valence-corrected chi connectivity index (χ2v) is 6.55. The largest absolute Gasteiger partial charge is 0.356 e. The molecule has 0 aromatic heterocycles. The smallest absolute Gasteiger partial charge is 0.227 e. The van der Waals surface area contributed by atoms with Crippen LogP contribution in [-0.4, -0.2) is 31.9 Å². The zero-order valence-corrected chi connectivity index (χ0v) is 8.28. The summed E-state index contributed by atoms with van der Waals surface area (Å²) >= 11 is 0. The monoisotopic (exact) mass is 177 g/mol. The Kier molecular flexibility index (Phi) is 4.43. The van der Waals surface area contributed by atoms with E-state index in [0.29, 0.717) is 6.54 Å². The molecule has 0 aliphatic heterocycles. The predicted octanol–water partition coefficient (Wildman–Crippen LogP) is 1.14. The summed E-state index contributed by atoms with van der Waals surface area (Å²) in [6.07, 6.45) is 1.09. The molecular formula is C7H16NO2P. The Bertz CT molecular complexity index is 173. The minimum Gasteiger partial charge on any atom is -0.356 e. The molecule has 1 N–H and O–H groups in total. The molecule has 0 aromatic carbocycles. The molecule has 1 amide bonds. The highest BCUT2D eigenvalue weighted by molar-refractivity contribution is 7.63. The highest BCUT2D eigenvalue weighted by atomic mass is 31.2. The summed E-state index contributed by atoms with van der Waals surface area (Å²) in [6.45, 7) is 5.91. The van der Waals surface area contributed by atoms with Gasteiger partial charge in [0.15, 0.2) is 0 Å². The fourth-order valence-corrected chi connectivity index (χ4v) is 1.47. The van der Waals surface area contributed by atoms with Gasteiger partial charge in [-0.2, -0.15) is 0 Å². The van der Waals surface area contributed by atoms with Gasteiger partial charge >= 0.3 is 0 Å². The van der Waals surface area contributed by atoms with E-state index in [1.807, 2.05) is 6.92 Å². The van der Waals surface area contributed by atoms with Gasteiger partial charge < -0.3 is 9.88 Å². The summed E-state index contributed by atoms with van der Waals surface area (Å²) in [5.74, 6) is -0.0971. The van der Waals surface area contributed by atoms with Crippen molar-refractivity contribution in [2.45, 2.75) is 13.3 Å². The summed E-state index contributed by atoms with van der Waals surface area (Å²) in [4.78, 5) is 10.9. The van der Waals surface area contributed by atoms with Crippen LogP contribution in [0.3, 0.4) is 0 Å². The summed E-state index contributed by atoms with van der Waals surface area (Å²) in [5.41, 5.74) is 0. The summed E-state index contributed by atoms with van der Waals surface area (Å²) in [6, 6.07) is 0. The first-order valence-corrected chi connectivity index (χ1v) is 6.55. The van der Waals surface area contributed by atoms with Crippen molar-refractivity contribution in [3.8, 4) is 0 Å². The maximum absolute atomic E-state index is 11.1. The zero-order chi connectivity index (χ0) is 8.91. The first-order chi connectivity index (χ1) is 4.95. The number of carbonyl (C=O) groups excluding carboxylic acids is 1. The average molecular weight is 177 g/mol. The van der Waals surface area contributed by atoms with Crippen molar-refractivity contribution < 1.29 is 9.36 Å². The Morgan fingerprint density at radius 2 is 2.00 bits per heavy atom. The second kappa shape index (κ2) is 4.55. The molecule has 0 heterocycles. The maximum Gasteiger partial charge on any atom is 0.227 e. The molecule has 0 atom stereocenters. The number of amides is 1. The normalized spacial score (nSPS) is 11.2. The lowest BCUT2D eigenvalue weighted by Crippen LogP contribution is -2.26. The molecule has 0 bridgehead atoms. The SMILES string of the molecule is CCCNC(=O)CP(C)(C)=O. The molecule has 0 saturated heterocycles. The highest BCUT2D eigenvalue weighted by Gasteiger charge is 2.12. The molecule has 0 aromatic rings. The van der Waals surface area contributed by atoms with E-state index >= 15 is 0 Å². The molecule has 0 aliphatic carbocycles. The Hall–Kier alpha value is -0.300. The average Bonchev–Trinajstić information content (AvgIpc) is 1.79. The molecule has 0 fully saturated rings. The number of hydrogen-bond donors (Lipinski definition) is 1. The van der Waals surface area contributed by atoms with Gasteiger partial charge in [-0.1, -0.05) is 6.92 Å². The predicted molar refractivity (Wildman–Crippen MR) is 47.6 cm³/mol. The van der Waals surface area contributed by atoms with Crippen molar-refractivity contribution in [2.75, 3.05) is 26.0 Å². The van der Waals surface area contributed by atoms with Crippen LogP contribution in [0.25, 0.3) is 0 Å². The summed E-state index contributed by atoms with van der Waals surface area (Å²) in [5, 5.41) is 2.68. The second-order valence-electron chi connectivity index (χ2n) is 3.08. The topological polar surface area (TPSA) is 46.2 Å². The van der Waals surface area contributed by atoms with Crippen LogP contribution in [0.5, 0.6) is 0 Å². The van der Waals surface area contributed by atoms with E-state index in [0.717, 1.165) is 6.42 Å². The molecule has 0 saturated carbocycles. The van der Waals surface area contributed by atoms with Crippen LogP contribution in [0.1, 0.15) is 13.3 Å². The molecule has 0 radical (unpaired) electrons. The number of rotatable bonds is 4. The molecule has 11 heavy (non-hydrogen) atoms. The van der Waals surface area contributed by atoms with Gasteiger partial charge in [0.2, 0.25) is 5.91 Å². The fourth-order valence-electron chi connectivity index (χ4n) is 0.666. The quantitative estimate of drug-likeness (QED) is 0.654. The Labute approximate surface area is 67.9 Å². The zero-order valence-electron chi connectivity index (χ0n) is 7.39. The molecule has 3 nitrogen and oxygen atoms in total. The van der Waals surface area contributed by atoms with Gasteiger partial charge in [0.05, 0.1) is 13.3 Å². The van der Waals surface area contributed by atoms with Crippen molar-refractivity contribution in [3.05, 3.63) is 0 Å². The molecule has 0 unspecified atom stereocenters. The van der Waals surface area contributed by atoms with Crippen molar-refractivity contribution in [2.24, 2.45) is 0 Å². The summed E-state index contributed by atoms with van der Waals surface area (Å²) < 4.78 is 11.1. The van der Waals surface area contributed by atoms with Gasteiger partial charge in [-0.15, -0.1) is 0 Å². The molecular weight excluding hydrogens is 161 g/mol. The number of nitrogens with one attached hydrogen (secondary N) is 1. The molecule has 66 valence electrons. The lowest BCUT2D eigenvalue weighted by molar-refractivity contribution is -0.118. The number of hydrogen-bond acceptors (Lipinski definition) is 2. The number of carbonyl (C=O) groups is 1. The molecule has 0 aliphatic rings. The third kappa shape index (κ3) is 7.60. The van der Waals surface area contributed by atoms with Crippen LogP contribution in [0.2, 0.25) is 0 Å². The van der Waals surface area contributed by atoms with Crippen LogP contribution in [0.15, 0.2) is 0 Å². The van der Waals surface area contributed by atoms with Crippen molar-refractivity contribution >= 4 is 13.0 Å². The van der Waals surface area contributed by atoms with Gasteiger partial charge in [-0.25, -0.2) is 0 Å². The Morgan fingerprint density at radius 1 is 1.45 bits per heavy atom. The lowest BCUT2D eigenvalue weighted by atomic mass is 10.5. The van der Waals surface area contributed by atoms with E-state index in [9.17, 15) is 9.36 Å². The van der Waals surface area contributed by atoms with Crippen LogP contribution < -0.4 is 5.32 Å². The van der Waals surface area contributed by atoms with Gasteiger partial charge in [0.1, 0.15) is 0 Å². The molecule has 4 heteroatoms. The molecule has 0 spiro atoms. The minimum absolute atomic E-state index is 0.0971. The van der Waals surface area contributed by atoms with E-state index in [1.165, 1.54) is 0 Å². The van der Waals surface area contributed by atoms with E-state index in [4.69, 9.17) is 0 Å². The third-order valence-corrected chi connectivity index (χ3v) is 2.15. The lowest BCUT2D eigenvalue weighted by Gasteiger charge is -2.06. The third-order valence-electron chi connectivity index (χ3n) is 1.10. The summed E-state index contributed by atoms with van der Waals surface area (Å²) in [7, 11) is -2.17. The van der Waals surface area contributed by atoms with E-state index in [2.05, 4.69) is 5.32 Å². The first-order valence-electron chi connectivity index (χ1n) is 3.76. The highest BCUT2D eigenvalue weighted by Crippen LogP contribution is 2.34. The van der Waals surface area contributed by atoms with Crippen LogP contribution in [0.4, 0.5) is 0 Å². The van der Waals surface area contributed by atoms with E-state index in [-0.39, 0.29) is 12.1 Å². The van der Waals surface area contributed by atoms with Crippen LogP contribution in [-0.2, 0) is 9.36 Å². The maximum atomic E-state index is 11.1. The van der Waals surface area contributed by atoms with Gasteiger partial charge in [0.25, 0.3) is 0 Å². The Morgan fingerprint density at radius 3 is 2.36 bits per heavy atom. The molecule has 0 rings (SSSR count). The fraction of sp³-hybridized carbons (Fsp3) is 0.857. The van der Waals surface area contributed by atoms with Gasteiger partial charge in [-0.05, 0) is 19.8 Å². The van der Waals surface area contributed by atoms with Gasteiger partial charge in [0, 0.05) is 6.54 Å². The van der Waals surface area contributed by atoms with Crippen LogP contribution >= 0.6 is 7.14 Å². The van der Waals surface area contributed by atoms with Crippen LogP contribution in [0, 0.1) is 0 Å². The van der Waals surface area contributed by atoms with E-state index < -0.39 is 7.14 Å². The minimum atomic E-state index is -2.17. The first kappa shape index (κ1) is 10.7. The van der Waals surface area contributed by atoms with E-state index in [1.54, 1.807) is 13.3 Å². The van der Waals surface area contributed by atoms with Crippen molar-refractivity contribution in [1.82, 2.24) is 5.32 Å². The van der Waals surface area contributed by atoms with Crippen molar-refractivity contribution in [3.63, 3.8) is 0 Å². The van der Waals surface area contributed by atoms with Gasteiger partial charge in [-0.3, -0.25) is 4.79 Å². The van der Waals surface area contributed by atoms with Crippen molar-refractivity contribution in [1.29, 1.82) is 0 Å². The standard InChI is InChI=1S/C7H16NO2P/c1-4-5-8-7(9)6-11(2,3)10/h4-6H2,1-3H3,(H,8,9).